The molecule has 0 fully saturated rings. The topological polar surface area (TPSA) is 4.93 Å². The van der Waals surface area contributed by atoms with E-state index < -0.39 is 24.2 Å². The Labute approximate surface area is 236 Å². The lowest BCUT2D eigenvalue weighted by Gasteiger charge is -2.10. The number of thiophene rings is 1. The molecular formula is C36H23NS. The van der Waals surface area contributed by atoms with E-state index in [0.29, 0.717) is 5.69 Å². The fraction of sp³-hybridized carbons (Fsp3) is 0. The third kappa shape index (κ3) is 3.31. The number of para-hydroxylation sites is 2. The minimum Gasteiger partial charge on any atom is -0.309 e. The van der Waals surface area contributed by atoms with Gasteiger partial charge in [-0.15, -0.1) is 11.3 Å². The van der Waals surface area contributed by atoms with E-state index in [1.807, 2.05) is 12.1 Å². The maximum absolute atomic E-state index is 8.71. The molecule has 0 saturated heterocycles. The van der Waals surface area contributed by atoms with Gasteiger partial charge in [0.15, 0.2) is 0 Å². The van der Waals surface area contributed by atoms with E-state index in [-0.39, 0.29) is 46.0 Å². The molecule has 0 aliphatic heterocycles. The van der Waals surface area contributed by atoms with Crippen molar-refractivity contribution in [3.63, 3.8) is 0 Å². The van der Waals surface area contributed by atoms with Crippen molar-refractivity contribution in [3.8, 4) is 27.9 Å². The van der Waals surface area contributed by atoms with Crippen molar-refractivity contribution in [2.24, 2.45) is 0 Å². The molecule has 0 saturated carbocycles. The lowest BCUT2D eigenvalue weighted by molar-refractivity contribution is 1.18. The van der Waals surface area contributed by atoms with E-state index in [1.165, 1.54) is 24.7 Å². The molecule has 6 aromatic carbocycles. The van der Waals surface area contributed by atoms with Crippen LogP contribution in [-0.2, 0) is 0 Å². The summed E-state index contributed by atoms with van der Waals surface area (Å²) >= 11 is 1.79. The van der Waals surface area contributed by atoms with Gasteiger partial charge in [0.05, 0.1) is 22.0 Å². The molecule has 8 rings (SSSR count). The molecule has 0 aliphatic carbocycles. The van der Waals surface area contributed by atoms with Gasteiger partial charge >= 0.3 is 0 Å². The molecule has 0 N–H and O–H groups in total. The minimum absolute atomic E-state index is 0.0708. The lowest BCUT2D eigenvalue weighted by Crippen LogP contribution is -1.93. The average molecular weight is 510 g/mol. The maximum atomic E-state index is 8.71. The molecule has 178 valence electrons. The summed E-state index contributed by atoms with van der Waals surface area (Å²) in [5.74, 6) is 0. The Bertz CT molecular complexity index is 2470. The van der Waals surface area contributed by atoms with E-state index in [2.05, 4.69) is 66.7 Å². The van der Waals surface area contributed by atoms with Gasteiger partial charge in [-0.2, -0.15) is 0 Å². The van der Waals surface area contributed by atoms with Gasteiger partial charge in [0, 0.05) is 36.6 Å². The number of benzene rings is 6. The van der Waals surface area contributed by atoms with Crippen LogP contribution in [0.3, 0.4) is 0 Å². The zero-order chi connectivity index (χ0) is 32.0. The molecule has 2 heterocycles. The summed E-state index contributed by atoms with van der Waals surface area (Å²) in [6.45, 7) is 0. The fourth-order valence-corrected chi connectivity index (χ4v) is 6.39. The summed E-state index contributed by atoms with van der Waals surface area (Å²) in [6.07, 6.45) is 0. The highest BCUT2D eigenvalue weighted by Crippen LogP contribution is 2.37. The molecule has 0 bridgehead atoms. The highest BCUT2D eigenvalue weighted by Gasteiger charge is 2.12. The standard InChI is InChI=1S/C36H23NS/c1-4-10-33-29(7-1)30-8-2-5-11-34(30)37(33)28-20-17-25(18-21-28)24-13-15-26(16-14-24)27-19-22-32-31-9-3-6-12-35(31)38-36(32)23-27/h1-23H/i1D,2D,4D,5D,7D,8D,10D,11D. The van der Waals surface area contributed by atoms with Gasteiger partial charge in [-0.3, -0.25) is 0 Å². The summed E-state index contributed by atoms with van der Waals surface area (Å²) in [6, 6.07) is 27.7. The first-order chi connectivity index (χ1) is 22.2. The van der Waals surface area contributed by atoms with E-state index in [9.17, 15) is 0 Å². The number of rotatable bonds is 3. The predicted octanol–water partition coefficient (Wildman–Crippen LogP) is 10.5. The molecule has 0 amide bonds. The Morgan fingerprint density at radius 3 is 1.68 bits per heavy atom. The minimum atomic E-state index is -0.452. The molecule has 0 atom stereocenters. The van der Waals surface area contributed by atoms with Crippen LogP contribution >= 0.6 is 11.3 Å². The average Bonchev–Trinajstić information content (AvgIpc) is 3.64. The van der Waals surface area contributed by atoms with Crippen molar-refractivity contribution in [3.05, 3.63) is 139 Å². The van der Waals surface area contributed by atoms with Crippen LogP contribution in [0, 0.1) is 0 Å². The number of aromatic nitrogens is 1. The fourth-order valence-electron chi connectivity index (χ4n) is 5.24. The number of nitrogens with zero attached hydrogens (tertiary/aromatic N) is 1. The third-order valence-corrected chi connectivity index (χ3v) is 8.22. The van der Waals surface area contributed by atoms with Crippen LogP contribution in [0.25, 0.3) is 69.9 Å². The van der Waals surface area contributed by atoms with Crippen molar-refractivity contribution in [2.75, 3.05) is 0 Å². The van der Waals surface area contributed by atoms with E-state index >= 15 is 0 Å². The largest absolute Gasteiger partial charge is 0.309 e. The molecule has 8 aromatic rings. The van der Waals surface area contributed by atoms with Crippen molar-refractivity contribution in [2.45, 2.75) is 0 Å². The van der Waals surface area contributed by atoms with Gasteiger partial charge in [0.1, 0.15) is 0 Å². The molecule has 2 heteroatoms. The zero-order valence-corrected chi connectivity index (χ0v) is 20.8. The van der Waals surface area contributed by atoms with Crippen molar-refractivity contribution >= 4 is 53.3 Å². The number of hydrogen-bond donors (Lipinski definition) is 0. The first-order valence-electron chi connectivity index (χ1n) is 16.3. The van der Waals surface area contributed by atoms with Gasteiger partial charge in [0.2, 0.25) is 0 Å². The van der Waals surface area contributed by atoms with Crippen LogP contribution < -0.4 is 0 Å². The molecule has 2 aromatic heterocycles. The van der Waals surface area contributed by atoms with Gasteiger partial charge in [-0.25, -0.2) is 0 Å². The monoisotopic (exact) mass is 509 g/mol. The van der Waals surface area contributed by atoms with Crippen LogP contribution in [-0.4, -0.2) is 4.57 Å². The molecule has 38 heavy (non-hydrogen) atoms. The molecule has 0 aliphatic rings. The van der Waals surface area contributed by atoms with Gasteiger partial charge in [-0.05, 0) is 58.6 Å². The Balaban J connectivity index is 1.22. The molecular weight excluding hydrogens is 478 g/mol. The van der Waals surface area contributed by atoms with Gasteiger partial charge < -0.3 is 4.57 Å². The smallest absolute Gasteiger partial charge is 0.0645 e. The number of fused-ring (bicyclic) bond motifs is 6. The summed E-state index contributed by atoms with van der Waals surface area (Å²) in [5.41, 5.74) is 4.91. The second-order valence-electron chi connectivity index (χ2n) is 9.22. The zero-order valence-electron chi connectivity index (χ0n) is 28.0. The maximum Gasteiger partial charge on any atom is 0.0645 e. The highest BCUT2D eigenvalue weighted by atomic mass is 32.1. The summed E-state index contributed by atoms with van der Waals surface area (Å²) in [4.78, 5) is 0. The summed E-state index contributed by atoms with van der Waals surface area (Å²) < 4.78 is 71.8. The second kappa shape index (κ2) is 8.44. The van der Waals surface area contributed by atoms with Crippen LogP contribution in [0.5, 0.6) is 0 Å². The lowest BCUT2D eigenvalue weighted by atomic mass is 9.99. The van der Waals surface area contributed by atoms with Crippen molar-refractivity contribution < 1.29 is 11.0 Å². The van der Waals surface area contributed by atoms with E-state index in [4.69, 9.17) is 11.0 Å². The third-order valence-electron chi connectivity index (χ3n) is 7.09. The Morgan fingerprint density at radius 2 is 1.00 bits per heavy atom. The summed E-state index contributed by atoms with van der Waals surface area (Å²) in [7, 11) is 0. The highest BCUT2D eigenvalue weighted by molar-refractivity contribution is 7.25. The molecule has 0 radical (unpaired) electrons. The molecule has 1 nitrogen and oxygen atoms in total. The van der Waals surface area contributed by atoms with Crippen LogP contribution in [0.1, 0.15) is 11.0 Å². The molecule has 0 unspecified atom stereocenters. The van der Waals surface area contributed by atoms with Crippen LogP contribution in [0.2, 0.25) is 0 Å². The quantitative estimate of drug-likeness (QED) is 0.223. The van der Waals surface area contributed by atoms with Crippen molar-refractivity contribution in [1.29, 1.82) is 0 Å². The second-order valence-corrected chi connectivity index (χ2v) is 10.3. The van der Waals surface area contributed by atoms with Crippen LogP contribution in [0.15, 0.2) is 139 Å². The van der Waals surface area contributed by atoms with Crippen LogP contribution in [0.4, 0.5) is 0 Å². The van der Waals surface area contributed by atoms with E-state index in [0.717, 1.165) is 22.3 Å². The van der Waals surface area contributed by atoms with Gasteiger partial charge in [-0.1, -0.05) is 103 Å². The van der Waals surface area contributed by atoms with Crippen molar-refractivity contribution in [1.82, 2.24) is 4.57 Å². The first kappa shape index (κ1) is 14.9. The SMILES string of the molecule is [2H]c1c([2H])c([2H])c2c(c1[2H])c1c([2H])c([2H])c([2H])c([2H])c1n2-c1ccc(-c2ccc(-c3ccc4c(c3)sc3ccccc34)cc2)cc1. The number of hydrogen-bond acceptors (Lipinski definition) is 1. The Hall–Kier alpha value is -4.66. The molecule has 0 spiro atoms. The van der Waals surface area contributed by atoms with Gasteiger partial charge in [0.25, 0.3) is 0 Å². The summed E-state index contributed by atoms with van der Waals surface area (Å²) in [5, 5.41) is 2.67. The first-order valence-corrected chi connectivity index (χ1v) is 13.1. The van der Waals surface area contributed by atoms with E-state index in [1.54, 1.807) is 23.5 Å². The normalized spacial score (nSPS) is 14.6. The Morgan fingerprint density at radius 1 is 0.474 bits per heavy atom. The predicted molar refractivity (Wildman–Crippen MR) is 165 cm³/mol. The Kier molecular flexibility index (Phi) is 3.32.